The average Bonchev–Trinajstić information content (AvgIpc) is 3.79. The number of aromatic nitrogens is 2. The summed E-state index contributed by atoms with van der Waals surface area (Å²) >= 11 is 0. The van der Waals surface area contributed by atoms with Crippen molar-refractivity contribution in [3.05, 3.63) is 111 Å². The molecule has 0 bridgehead atoms. The second-order valence-electron chi connectivity index (χ2n) is 10.7. The molecule has 39 heavy (non-hydrogen) atoms. The van der Waals surface area contributed by atoms with E-state index in [9.17, 15) is 9.59 Å². The van der Waals surface area contributed by atoms with E-state index < -0.39 is 6.17 Å². The maximum Gasteiger partial charge on any atom is 0.261 e. The van der Waals surface area contributed by atoms with E-state index in [1.54, 1.807) is 0 Å². The van der Waals surface area contributed by atoms with Gasteiger partial charge in [0.25, 0.3) is 5.56 Å². The first-order valence-corrected chi connectivity index (χ1v) is 14.2. The normalized spacial score (nSPS) is 15.8. The molecule has 0 radical (unpaired) electrons. The van der Waals surface area contributed by atoms with Crippen LogP contribution in [0.4, 0.5) is 4.79 Å². The van der Waals surface area contributed by atoms with Crippen molar-refractivity contribution < 1.29 is 4.79 Å². The molecule has 2 aliphatic rings. The van der Waals surface area contributed by atoms with Crippen LogP contribution in [-0.2, 0) is 12.8 Å². The number of allylic oxidation sites excluding steroid dienone is 4. The smallest absolute Gasteiger partial charge is 0.261 e. The zero-order chi connectivity index (χ0) is 27.4. The lowest BCUT2D eigenvalue weighted by atomic mass is 9.87. The number of nitrogens with one attached hydrogen (secondary N) is 1. The minimum absolute atomic E-state index is 0.0755. The molecule has 2 aromatic carbocycles. The van der Waals surface area contributed by atoms with Gasteiger partial charge < -0.3 is 11.1 Å². The first-order valence-electron chi connectivity index (χ1n) is 14.2. The standard InChI is InChI=1S/C32H37BN4O2/c1-2-3-13-28-27(31(38)37(24-9-5-4-6-10-24)30(35-28)23-18-19-23)20-21-14-16-22(17-15-21)25-11-7-8-12-26(25)29(34)36-32(33)39/h4-12,14,16,23,29H,2-3,13,15,17-20,33-34H2,1H3,(H,36,39). The lowest BCUT2D eigenvalue weighted by Crippen LogP contribution is -2.33. The molecule has 0 saturated heterocycles. The zero-order valence-corrected chi connectivity index (χ0v) is 23.0. The lowest BCUT2D eigenvalue weighted by Gasteiger charge is -2.22. The van der Waals surface area contributed by atoms with E-state index >= 15 is 0 Å². The highest BCUT2D eigenvalue weighted by molar-refractivity contribution is 6.57. The van der Waals surface area contributed by atoms with Crippen molar-refractivity contribution >= 4 is 19.2 Å². The maximum absolute atomic E-state index is 14.1. The number of hydrogen-bond acceptors (Lipinski definition) is 4. The van der Waals surface area contributed by atoms with E-state index in [-0.39, 0.29) is 11.4 Å². The molecule has 1 heterocycles. The van der Waals surface area contributed by atoms with E-state index in [0.717, 1.165) is 78.8 Å². The third-order valence-corrected chi connectivity index (χ3v) is 7.65. The molecule has 0 aliphatic heterocycles. The number of aryl methyl sites for hydroxylation is 1. The first kappa shape index (κ1) is 26.9. The third kappa shape index (κ3) is 6.14. The van der Waals surface area contributed by atoms with E-state index in [2.05, 4.69) is 30.5 Å². The summed E-state index contributed by atoms with van der Waals surface area (Å²) in [7, 11) is 1.48. The van der Waals surface area contributed by atoms with Gasteiger partial charge in [-0.25, -0.2) is 4.98 Å². The molecule has 1 unspecified atom stereocenters. The van der Waals surface area contributed by atoms with Gasteiger partial charge in [-0.1, -0.05) is 73.5 Å². The van der Waals surface area contributed by atoms with E-state index in [1.807, 2.05) is 53.1 Å². The van der Waals surface area contributed by atoms with E-state index in [4.69, 9.17) is 10.7 Å². The van der Waals surface area contributed by atoms with Crippen molar-refractivity contribution in [3.8, 4) is 5.69 Å². The number of unbranched alkanes of at least 4 members (excludes halogenated alkanes) is 1. The summed E-state index contributed by atoms with van der Waals surface area (Å²) in [6.45, 7) is 2.18. The van der Waals surface area contributed by atoms with Crippen LogP contribution in [0.2, 0.25) is 0 Å². The molecule has 2 aliphatic carbocycles. The molecular weight excluding hydrogens is 483 g/mol. The minimum Gasteiger partial charge on any atom is -0.346 e. The summed E-state index contributed by atoms with van der Waals surface area (Å²) in [5.41, 5.74) is 13.4. The molecule has 1 amide bonds. The van der Waals surface area contributed by atoms with Crippen molar-refractivity contribution in [2.24, 2.45) is 5.73 Å². The van der Waals surface area contributed by atoms with E-state index in [1.165, 1.54) is 19.0 Å². The number of amides is 1. The van der Waals surface area contributed by atoms with Crippen LogP contribution >= 0.6 is 0 Å². The number of para-hydroxylation sites is 1. The summed E-state index contributed by atoms with van der Waals surface area (Å²) in [6.07, 6.45) is 11.2. The monoisotopic (exact) mass is 520 g/mol. The number of benzene rings is 2. The summed E-state index contributed by atoms with van der Waals surface area (Å²) < 4.78 is 1.87. The molecule has 5 rings (SSSR count). The Hall–Kier alpha value is -3.71. The van der Waals surface area contributed by atoms with Crippen LogP contribution in [0, 0.1) is 0 Å². The predicted octanol–water partition coefficient (Wildman–Crippen LogP) is 5.10. The van der Waals surface area contributed by atoms with Crippen LogP contribution in [0.1, 0.15) is 85.7 Å². The van der Waals surface area contributed by atoms with Crippen molar-refractivity contribution in [1.29, 1.82) is 0 Å². The summed E-state index contributed by atoms with van der Waals surface area (Å²) in [6, 6.07) is 17.9. The minimum atomic E-state index is -0.557. The molecule has 200 valence electrons. The third-order valence-electron chi connectivity index (χ3n) is 7.65. The van der Waals surface area contributed by atoms with Gasteiger partial charge in [0.05, 0.1) is 11.4 Å². The predicted molar refractivity (Wildman–Crippen MR) is 160 cm³/mol. The van der Waals surface area contributed by atoms with Gasteiger partial charge in [-0.2, -0.15) is 0 Å². The molecule has 1 saturated carbocycles. The average molecular weight is 520 g/mol. The summed E-state index contributed by atoms with van der Waals surface area (Å²) in [4.78, 5) is 30.9. The fourth-order valence-corrected chi connectivity index (χ4v) is 5.43. The number of nitrogens with two attached hydrogens (primary N) is 1. The van der Waals surface area contributed by atoms with Crippen molar-refractivity contribution in [3.63, 3.8) is 0 Å². The summed E-state index contributed by atoms with van der Waals surface area (Å²) in [5, 5.41) is 2.80. The number of hydrogen-bond donors (Lipinski definition) is 2. The second-order valence-corrected chi connectivity index (χ2v) is 10.7. The molecular formula is C32H37BN4O2. The summed E-state index contributed by atoms with van der Waals surface area (Å²) in [5.74, 6) is 1.14. The van der Waals surface area contributed by atoms with Crippen LogP contribution < -0.4 is 16.6 Å². The van der Waals surface area contributed by atoms with Crippen molar-refractivity contribution in [2.45, 2.75) is 70.4 Å². The first-order chi connectivity index (χ1) is 19.0. The Morgan fingerprint density at radius 3 is 2.51 bits per heavy atom. The van der Waals surface area contributed by atoms with Gasteiger partial charge in [0.2, 0.25) is 7.85 Å². The number of rotatable bonds is 10. The topological polar surface area (TPSA) is 90.0 Å². The maximum atomic E-state index is 14.1. The van der Waals surface area contributed by atoms with Gasteiger partial charge in [-0.15, -0.1) is 0 Å². The fraction of sp³-hybridized carbons (Fsp3) is 0.344. The number of nitrogens with zero attached hydrogens (tertiary/aromatic N) is 2. The second kappa shape index (κ2) is 12.0. The molecule has 3 aromatic rings. The van der Waals surface area contributed by atoms with Gasteiger partial charge in [0.1, 0.15) is 12.0 Å². The van der Waals surface area contributed by atoms with Crippen LogP contribution in [0.3, 0.4) is 0 Å². The lowest BCUT2D eigenvalue weighted by molar-refractivity contribution is 0.256. The Labute approximate surface area is 231 Å². The number of carbonyl (C=O) groups excluding carboxylic acids is 1. The molecule has 3 N–H and O–H groups in total. The van der Waals surface area contributed by atoms with Crippen molar-refractivity contribution in [2.75, 3.05) is 0 Å². The Morgan fingerprint density at radius 2 is 1.85 bits per heavy atom. The molecule has 7 heteroatoms. The molecule has 1 atom stereocenters. The molecule has 6 nitrogen and oxygen atoms in total. The molecule has 1 fully saturated rings. The van der Waals surface area contributed by atoms with Crippen LogP contribution in [-0.4, -0.2) is 23.2 Å². The van der Waals surface area contributed by atoms with Gasteiger partial charge in [0.15, 0.2) is 5.81 Å². The van der Waals surface area contributed by atoms with Gasteiger partial charge >= 0.3 is 0 Å². The van der Waals surface area contributed by atoms with Crippen molar-refractivity contribution in [1.82, 2.24) is 14.9 Å². The quantitative estimate of drug-likeness (QED) is 0.288. The SMILES string of the molecule is BC(=O)NC(N)c1ccccc1C1=CC=C(Cc2c(CCCC)nc(C3CC3)n(-c3ccccc3)c2=O)CC1. The van der Waals surface area contributed by atoms with Gasteiger partial charge in [0, 0.05) is 17.9 Å². The Morgan fingerprint density at radius 1 is 1.10 bits per heavy atom. The van der Waals surface area contributed by atoms with Crippen LogP contribution in [0.25, 0.3) is 11.3 Å². The number of carbonyl (C=O) groups is 1. The van der Waals surface area contributed by atoms with Crippen LogP contribution in [0.5, 0.6) is 0 Å². The van der Waals surface area contributed by atoms with E-state index in [0.29, 0.717) is 12.3 Å². The highest BCUT2D eigenvalue weighted by atomic mass is 16.1. The fourth-order valence-electron chi connectivity index (χ4n) is 5.43. The van der Waals surface area contributed by atoms with Gasteiger partial charge in [-0.3, -0.25) is 14.2 Å². The Kier molecular flexibility index (Phi) is 8.27. The Balaban J connectivity index is 1.50. The highest BCUT2D eigenvalue weighted by Crippen LogP contribution is 2.40. The largest absolute Gasteiger partial charge is 0.346 e. The highest BCUT2D eigenvalue weighted by Gasteiger charge is 2.31. The van der Waals surface area contributed by atoms with Gasteiger partial charge in [-0.05, 0) is 67.4 Å². The molecule has 0 spiro atoms. The molecule has 1 aromatic heterocycles. The van der Waals surface area contributed by atoms with Crippen LogP contribution in [0.15, 0.2) is 77.1 Å². The Bertz CT molecular complexity index is 1470. The zero-order valence-electron chi connectivity index (χ0n) is 23.0.